The highest BCUT2D eigenvalue weighted by Crippen LogP contribution is 2.45. The van der Waals surface area contributed by atoms with Crippen molar-refractivity contribution < 1.29 is 80.2 Å². The molecule has 0 rings (SSSR count). The first-order valence-electron chi connectivity index (χ1n) is 37.5. The SMILES string of the molecule is CC/C=C\C/C=C\C/C=C\CCCCCCCC(=O)OCC(COP(=O)(O)OCC(O)COP(=O)(O)OCC(COC(=O)CCCCCCCCCCCCCCCCC)OC(=O)CCCCCCCCCCCCC)OC(=O)CCCCCCC/C=C\C/C=C\CCC. The number of carbonyl (C=O) groups is 4. The quantitative estimate of drug-likeness (QED) is 0.0169. The van der Waals surface area contributed by atoms with Gasteiger partial charge in [0.05, 0.1) is 26.4 Å². The number of hydrogen-bond donors (Lipinski definition) is 3. The third kappa shape index (κ3) is 67.3. The molecule has 5 atom stereocenters. The summed E-state index contributed by atoms with van der Waals surface area (Å²) in [5.41, 5.74) is 0. The molecule has 0 heterocycles. The Hall–Kier alpha value is -3.24. The van der Waals surface area contributed by atoms with E-state index in [1.807, 2.05) is 0 Å². The van der Waals surface area contributed by atoms with Crippen molar-refractivity contribution >= 4 is 39.5 Å². The second kappa shape index (κ2) is 68.3. The molecule has 3 N–H and O–H groups in total. The Morgan fingerprint density at radius 3 is 0.894 bits per heavy atom. The second-order valence-corrected chi connectivity index (χ2v) is 28.1. The predicted molar refractivity (Wildman–Crippen MR) is 381 cm³/mol. The minimum atomic E-state index is -4.97. The van der Waals surface area contributed by atoms with Gasteiger partial charge in [0.2, 0.25) is 0 Å². The molecule has 0 fully saturated rings. The van der Waals surface area contributed by atoms with Crippen molar-refractivity contribution in [3.8, 4) is 0 Å². The molecule has 0 bridgehead atoms. The van der Waals surface area contributed by atoms with Crippen LogP contribution in [0.5, 0.6) is 0 Å². The molecule has 0 aromatic carbocycles. The minimum Gasteiger partial charge on any atom is -0.462 e. The number of phosphoric ester groups is 2. The van der Waals surface area contributed by atoms with Gasteiger partial charge in [-0.2, -0.15) is 0 Å². The maximum Gasteiger partial charge on any atom is 0.472 e. The predicted octanol–water partition coefficient (Wildman–Crippen LogP) is 21.1. The highest BCUT2D eigenvalue weighted by Gasteiger charge is 2.30. The summed E-state index contributed by atoms with van der Waals surface area (Å²) in [4.78, 5) is 72.7. The Kier molecular flexibility index (Phi) is 65.9. The smallest absolute Gasteiger partial charge is 0.462 e. The monoisotopic (exact) mass is 1370 g/mol. The number of aliphatic hydroxyl groups excluding tert-OH is 1. The Morgan fingerprint density at radius 1 is 0.309 bits per heavy atom. The Morgan fingerprint density at radius 2 is 0.574 bits per heavy atom. The van der Waals surface area contributed by atoms with E-state index in [4.69, 9.17) is 37.0 Å². The molecule has 0 saturated carbocycles. The van der Waals surface area contributed by atoms with Crippen molar-refractivity contribution in [2.24, 2.45) is 0 Å². The van der Waals surface area contributed by atoms with Gasteiger partial charge in [-0.15, -0.1) is 0 Å². The van der Waals surface area contributed by atoms with Crippen LogP contribution in [0.4, 0.5) is 0 Å². The number of hydrogen-bond acceptors (Lipinski definition) is 15. The van der Waals surface area contributed by atoms with Crippen LogP contribution in [0.1, 0.15) is 336 Å². The fourth-order valence-electron chi connectivity index (χ4n) is 10.3. The zero-order valence-corrected chi connectivity index (χ0v) is 61.4. The van der Waals surface area contributed by atoms with Gasteiger partial charge in [0.15, 0.2) is 12.2 Å². The van der Waals surface area contributed by atoms with Crippen LogP contribution >= 0.6 is 15.6 Å². The molecule has 5 unspecified atom stereocenters. The molecule has 0 saturated heterocycles. The first-order valence-corrected chi connectivity index (χ1v) is 40.5. The Balaban J connectivity index is 5.30. The molecule has 0 aliphatic rings. The first-order chi connectivity index (χ1) is 45.7. The van der Waals surface area contributed by atoms with E-state index in [0.29, 0.717) is 25.7 Å². The summed E-state index contributed by atoms with van der Waals surface area (Å²) in [5.74, 6) is -2.18. The highest BCUT2D eigenvalue weighted by molar-refractivity contribution is 7.47. The summed E-state index contributed by atoms with van der Waals surface area (Å²) in [6.45, 7) is 4.70. The van der Waals surface area contributed by atoms with E-state index in [-0.39, 0.29) is 25.7 Å². The summed E-state index contributed by atoms with van der Waals surface area (Å²) >= 11 is 0. The van der Waals surface area contributed by atoms with E-state index < -0.39 is 97.5 Å². The number of aliphatic hydroxyl groups is 1. The molecular formula is C75H136O17P2. The lowest BCUT2D eigenvalue weighted by Crippen LogP contribution is -2.30. The van der Waals surface area contributed by atoms with E-state index in [1.165, 1.54) is 109 Å². The molecule has 0 aromatic rings. The van der Waals surface area contributed by atoms with Crippen LogP contribution in [-0.2, 0) is 65.4 Å². The molecule has 0 aliphatic carbocycles. The number of unbranched alkanes of at least 4 members (excludes halogenated alkanes) is 35. The third-order valence-corrected chi connectivity index (χ3v) is 17.9. The Bertz CT molecular complexity index is 2030. The van der Waals surface area contributed by atoms with Gasteiger partial charge in [0.1, 0.15) is 19.3 Å². The van der Waals surface area contributed by atoms with Crippen LogP contribution in [0.2, 0.25) is 0 Å². The lowest BCUT2D eigenvalue weighted by molar-refractivity contribution is -0.161. The van der Waals surface area contributed by atoms with Crippen molar-refractivity contribution in [3.63, 3.8) is 0 Å². The van der Waals surface area contributed by atoms with Crippen LogP contribution in [0.3, 0.4) is 0 Å². The average molecular weight is 1370 g/mol. The zero-order chi connectivity index (χ0) is 69.0. The normalized spacial score (nSPS) is 14.3. The van der Waals surface area contributed by atoms with Crippen molar-refractivity contribution in [2.45, 2.75) is 354 Å². The van der Waals surface area contributed by atoms with Gasteiger partial charge in [0, 0.05) is 25.7 Å². The fraction of sp³-hybridized carbons (Fsp3) is 0.813. The summed E-state index contributed by atoms with van der Waals surface area (Å²) in [6, 6.07) is 0. The van der Waals surface area contributed by atoms with Gasteiger partial charge in [-0.25, -0.2) is 9.13 Å². The lowest BCUT2D eigenvalue weighted by atomic mass is 10.0. The number of esters is 4. The molecule has 19 heteroatoms. The first kappa shape index (κ1) is 90.8. The maximum atomic E-state index is 13.0. The standard InChI is InChI=1S/C75H136O17P2/c1-5-9-13-17-21-25-29-32-34-37-40-43-47-51-55-59-72(77)85-65-70(91-74(79)61-57-53-49-45-39-28-24-20-16-12-8-4)67-89-93(81,82)87-63-69(76)64-88-94(83,84)90-68-71(92-75(80)62-58-54-50-46-42-36-31-27-23-19-15-11-7-3)66-86-73(78)60-56-52-48-44-41-38-35-33-30-26-22-18-14-10-6-2/h10,14-15,19,22,26-27,31,33,35,69-71,76H,5-9,11-13,16-18,20-21,23-25,28-30,32,34,36-68H2,1-4H3,(H,81,82)(H,83,84)/b14-10-,19-15-,26-22-,31-27-,35-33-. The van der Waals surface area contributed by atoms with Crippen LogP contribution in [-0.4, -0.2) is 96.7 Å². The summed E-state index contributed by atoms with van der Waals surface area (Å²) in [6.07, 6.45) is 65.0. The number of rotatable bonds is 71. The van der Waals surface area contributed by atoms with Crippen LogP contribution in [0.15, 0.2) is 60.8 Å². The molecular weight excluding hydrogens is 1230 g/mol. The van der Waals surface area contributed by atoms with Gasteiger partial charge in [-0.3, -0.25) is 37.3 Å². The lowest BCUT2D eigenvalue weighted by Gasteiger charge is -2.21. The number of ether oxygens (including phenoxy) is 4. The van der Waals surface area contributed by atoms with E-state index in [0.717, 1.165) is 148 Å². The van der Waals surface area contributed by atoms with E-state index in [9.17, 15) is 43.2 Å². The van der Waals surface area contributed by atoms with Crippen molar-refractivity contribution in [3.05, 3.63) is 60.8 Å². The van der Waals surface area contributed by atoms with Gasteiger partial charge < -0.3 is 33.8 Å². The largest absolute Gasteiger partial charge is 0.472 e. The second-order valence-electron chi connectivity index (χ2n) is 25.2. The molecule has 0 radical (unpaired) electrons. The molecule has 0 spiro atoms. The molecule has 0 aromatic heterocycles. The van der Waals surface area contributed by atoms with Gasteiger partial charge in [-0.05, 0) is 83.5 Å². The van der Waals surface area contributed by atoms with Gasteiger partial charge in [0.25, 0.3) is 0 Å². The molecule has 0 amide bonds. The van der Waals surface area contributed by atoms with Crippen molar-refractivity contribution in [1.82, 2.24) is 0 Å². The van der Waals surface area contributed by atoms with Crippen LogP contribution in [0, 0.1) is 0 Å². The minimum absolute atomic E-state index is 0.0779. The van der Waals surface area contributed by atoms with E-state index >= 15 is 0 Å². The molecule has 0 aliphatic heterocycles. The summed E-state index contributed by atoms with van der Waals surface area (Å²) < 4.78 is 68.4. The third-order valence-electron chi connectivity index (χ3n) is 16.0. The van der Waals surface area contributed by atoms with E-state index in [2.05, 4.69) is 88.5 Å². The summed E-state index contributed by atoms with van der Waals surface area (Å²) in [5, 5.41) is 10.6. The van der Waals surface area contributed by atoms with E-state index in [1.54, 1.807) is 0 Å². The molecule has 548 valence electrons. The number of carbonyl (C=O) groups excluding carboxylic acids is 4. The topological polar surface area (TPSA) is 237 Å². The number of allylic oxidation sites excluding steroid dienone is 10. The maximum absolute atomic E-state index is 13.0. The molecule has 94 heavy (non-hydrogen) atoms. The van der Waals surface area contributed by atoms with Crippen molar-refractivity contribution in [2.75, 3.05) is 39.6 Å². The Labute approximate surface area is 571 Å². The van der Waals surface area contributed by atoms with Gasteiger partial charge in [-0.1, -0.05) is 288 Å². The zero-order valence-electron chi connectivity index (χ0n) is 59.6. The number of phosphoric acid groups is 2. The fourth-order valence-corrected chi connectivity index (χ4v) is 11.9. The van der Waals surface area contributed by atoms with Crippen LogP contribution in [0.25, 0.3) is 0 Å². The van der Waals surface area contributed by atoms with Crippen LogP contribution < -0.4 is 0 Å². The summed E-state index contributed by atoms with van der Waals surface area (Å²) in [7, 11) is -9.93. The average Bonchev–Trinajstić information content (AvgIpc) is 1.55. The van der Waals surface area contributed by atoms with Crippen molar-refractivity contribution in [1.29, 1.82) is 0 Å². The molecule has 17 nitrogen and oxygen atoms in total. The van der Waals surface area contributed by atoms with Gasteiger partial charge >= 0.3 is 39.5 Å². The highest BCUT2D eigenvalue weighted by atomic mass is 31.2.